The molecule has 1 amide bonds. The Labute approximate surface area is 188 Å². The number of aliphatic imine (C=N–C) groups is 1. The van der Waals surface area contributed by atoms with Crippen LogP contribution < -0.4 is 10.6 Å². The average Bonchev–Trinajstić information content (AvgIpc) is 3.24. The molecule has 0 bridgehead atoms. The molecule has 1 aromatic carbocycles. The van der Waals surface area contributed by atoms with Crippen LogP contribution in [-0.4, -0.2) is 66.6 Å². The number of benzene rings is 1. The highest BCUT2D eigenvalue weighted by Crippen LogP contribution is 2.09. The fourth-order valence-corrected chi connectivity index (χ4v) is 3.16. The molecular formula is C20H29IN6O2. The summed E-state index contributed by atoms with van der Waals surface area (Å²) < 4.78 is 4.91. The standard InChI is InChI=1S/C20H28N6O2.HI/c1-3-22-20(23-14-16-4-6-17(7-5-16)19(27)21-2)26-11-9-25(10-12-26)15-18-8-13-28-24-18;/h4-8,13H,3,9-12,14-15H2,1-2H3,(H,21,27)(H,22,23);1H. The van der Waals surface area contributed by atoms with Gasteiger partial charge in [0.15, 0.2) is 5.96 Å². The number of carbonyl (C=O) groups excluding carboxylic acids is 1. The summed E-state index contributed by atoms with van der Waals surface area (Å²) in [5.41, 5.74) is 2.70. The van der Waals surface area contributed by atoms with Crippen molar-refractivity contribution in [2.75, 3.05) is 39.8 Å². The van der Waals surface area contributed by atoms with E-state index in [1.807, 2.05) is 30.3 Å². The number of hydrogen-bond acceptors (Lipinski definition) is 5. The van der Waals surface area contributed by atoms with Gasteiger partial charge in [0.05, 0.1) is 12.2 Å². The third-order valence-electron chi connectivity index (χ3n) is 4.74. The number of rotatable bonds is 6. The van der Waals surface area contributed by atoms with Crippen LogP contribution in [0.25, 0.3) is 0 Å². The molecule has 0 radical (unpaired) electrons. The first-order valence-electron chi connectivity index (χ1n) is 9.65. The largest absolute Gasteiger partial charge is 0.364 e. The van der Waals surface area contributed by atoms with Crippen LogP contribution in [0.15, 0.2) is 46.1 Å². The first-order chi connectivity index (χ1) is 13.7. The highest BCUT2D eigenvalue weighted by atomic mass is 127. The van der Waals surface area contributed by atoms with Crippen molar-refractivity contribution in [2.45, 2.75) is 20.0 Å². The SMILES string of the molecule is CCNC(=NCc1ccc(C(=O)NC)cc1)N1CCN(Cc2ccon2)CC1.I. The number of amides is 1. The molecule has 158 valence electrons. The predicted molar refractivity (Wildman–Crippen MR) is 123 cm³/mol. The monoisotopic (exact) mass is 512 g/mol. The van der Waals surface area contributed by atoms with Crippen molar-refractivity contribution in [2.24, 2.45) is 4.99 Å². The first-order valence-corrected chi connectivity index (χ1v) is 9.65. The van der Waals surface area contributed by atoms with Crippen LogP contribution in [-0.2, 0) is 13.1 Å². The molecule has 1 saturated heterocycles. The molecule has 0 spiro atoms. The molecule has 2 heterocycles. The lowest BCUT2D eigenvalue weighted by Gasteiger charge is -2.36. The Morgan fingerprint density at radius 1 is 1.17 bits per heavy atom. The molecule has 9 heteroatoms. The fraction of sp³-hybridized carbons (Fsp3) is 0.450. The summed E-state index contributed by atoms with van der Waals surface area (Å²) in [5.74, 6) is 0.853. The molecule has 0 saturated carbocycles. The molecule has 3 rings (SSSR count). The molecule has 8 nitrogen and oxygen atoms in total. The zero-order valence-electron chi connectivity index (χ0n) is 16.9. The molecular weight excluding hydrogens is 483 g/mol. The third kappa shape index (κ3) is 6.70. The van der Waals surface area contributed by atoms with E-state index in [9.17, 15) is 4.79 Å². The lowest BCUT2D eigenvalue weighted by atomic mass is 10.1. The number of aromatic nitrogens is 1. The first kappa shape index (κ1) is 23.1. The third-order valence-corrected chi connectivity index (χ3v) is 4.74. The maximum absolute atomic E-state index is 11.6. The van der Waals surface area contributed by atoms with Crippen molar-refractivity contribution in [3.8, 4) is 0 Å². The van der Waals surface area contributed by atoms with E-state index in [2.05, 4.69) is 32.5 Å². The summed E-state index contributed by atoms with van der Waals surface area (Å²) in [6.07, 6.45) is 1.61. The lowest BCUT2D eigenvalue weighted by molar-refractivity contribution is 0.0963. The summed E-state index contributed by atoms with van der Waals surface area (Å²) >= 11 is 0. The zero-order chi connectivity index (χ0) is 19.8. The Morgan fingerprint density at radius 2 is 1.90 bits per heavy atom. The van der Waals surface area contributed by atoms with Gasteiger partial charge in [-0.05, 0) is 24.6 Å². The number of piperazine rings is 1. The minimum absolute atomic E-state index is 0. The van der Waals surface area contributed by atoms with E-state index < -0.39 is 0 Å². The Kier molecular flexibility index (Phi) is 9.39. The van der Waals surface area contributed by atoms with Crippen LogP contribution in [0.5, 0.6) is 0 Å². The predicted octanol–water partition coefficient (Wildman–Crippen LogP) is 1.94. The number of hydrogen-bond donors (Lipinski definition) is 2. The van der Waals surface area contributed by atoms with E-state index in [0.29, 0.717) is 12.1 Å². The molecule has 2 N–H and O–H groups in total. The molecule has 2 aromatic rings. The normalized spacial score (nSPS) is 15.0. The Balaban J connectivity index is 0.00000300. The van der Waals surface area contributed by atoms with E-state index >= 15 is 0 Å². The second-order valence-electron chi connectivity index (χ2n) is 6.70. The van der Waals surface area contributed by atoms with E-state index in [1.165, 1.54) is 0 Å². The van der Waals surface area contributed by atoms with Crippen LogP contribution in [0.4, 0.5) is 0 Å². The molecule has 0 atom stereocenters. The van der Waals surface area contributed by atoms with Crippen molar-refractivity contribution in [3.05, 3.63) is 53.4 Å². The van der Waals surface area contributed by atoms with Crippen LogP contribution >= 0.6 is 24.0 Å². The summed E-state index contributed by atoms with van der Waals surface area (Å²) in [7, 11) is 1.63. The summed E-state index contributed by atoms with van der Waals surface area (Å²) in [6, 6.07) is 9.48. The number of nitrogens with zero attached hydrogens (tertiary/aromatic N) is 4. The zero-order valence-corrected chi connectivity index (χ0v) is 19.3. The number of carbonyl (C=O) groups is 1. The highest BCUT2D eigenvalue weighted by molar-refractivity contribution is 14.0. The highest BCUT2D eigenvalue weighted by Gasteiger charge is 2.20. The number of halogens is 1. The second kappa shape index (κ2) is 11.8. The van der Waals surface area contributed by atoms with Gasteiger partial charge in [-0.1, -0.05) is 17.3 Å². The van der Waals surface area contributed by atoms with Gasteiger partial charge in [0.25, 0.3) is 5.91 Å². The van der Waals surface area contributed by atoms with Gasteiger partial charge in [-0.15, -0.1) is 24.0 Å². The fourth-order valence-electron chi connectivity index (χ4n) is 3.16. The summed E-state index contributed by atoms with van der Waals surface area (Å²) in [4.78, 5) is 21.1. The maximum atomic E-state index is 11.6. The van der Waals surface area contributed by atoms with Crippen LogP contribution in [0, 0.1) is 0 Å². The quantitative estimate of drug-likeness (QED) is 0.350. The molecule has 1 aromatic heterocycles. The van der Waals surface area contributed by atoms with Crippen LogP contribution in [0.2, 0.25) is 0 Å². The Hall–Kier alpha value is -2.14. The summed E-state index contributed by atoms with van der Waals surface area (Å²) in [5, 5.41) is 10.0. The Morgan fingerprint density at radius 3 is 2.48 bits per heavy atom. The topological polar surface area (TPSA) is 86.0 Å². The van der Waals surface area contributed by atoms with Crippen LogP contribution in [0.1, 0.15) is 28.5 Å². The minimum atomic E-state index is -0.0770. The molecule has 0 aliphatic carbocycles. The summed E-state index contributed by atoms with van der Waals surface area (Å²) in [6.45, 7) is 8.04. The molecule has 1 aliphatic rings. The van der Waals surface area contributed by atoms with E-state index in [1.54, 1.807) is 13.3 Å². The second-order valence-corrected chi connectivity index (χ2v) is 6.70. The van der Waals surface area contributed by atoms with Crippen molar-refractivity contribution in [1.29, 1.82) is 0 Å². The average molecular weight is 512 g/mol. The van der Waals surface area contributed by atoms with Gasteiger partial charge in [-0.25, -0.2) is 4.99 Å². The van der Waals surface area contributed by atoms with Crippen molar-refractivity contribution < 1.29 is 9.32 Å². The lowest BCUT2D eigenvalue weighted by Crippen LogP contribution is -2.52. The van der Waals surface area contributed by atoms with Gasteiger partial charge >= 0.3 is 0 Å². The minimum Gasteiger partial charge on any atom is -0.364 e. The molecule has 0 unspecified atom stereocenters. The van der Waals surface area contributed by atoms with Gasteiger partial charge in [-0.2, -0.15) is 0 Å². The smallest absolute Gasteiger partial charge is 0.251 e. The molecule has 29 heavy (non-hydrogen) atoms. The van der Waals surface area contributed by atoms with Crippen molar-refractivity contribution in [3.63, 3.8) is 0 Å². The van der Waals surface area contributed by atoms with E-state index in [-0.39, 0.29) is 29.9 Å². The van der Waals surface area contributed by atoms with Gasteiger partial charge in [0.2, 0.25) is 0 Å². The molecule has 1 aliphatic heterocycles. The number of nitrogens with one attached hydrogen (secondary N) is 2. The van der Waals surface area contributed by atoms with Crippen molar-refractivity contribution >= 4 is 35.8 Å². The number of guanidine groups is 1. The Bertz CT molecular complexity index is 771. The van der Waals surface area contributed by atoms with Gasteiger partial charge in [0.1, 0.15) is 6.26 Å². The molecule has 1 fully saturated rings. The van der Waals surface area contributed by atoms with E-state index in [0.717, 1.165) is 56.5 Å². The van der Waals surface area contributed by atoms with Crippen molar-refractivity contribution in [1.82, 2.24) is 25.6 Å². The van der Waals surface area contributed by atoms with Gasteiger partial charge in [-0.3, -0.25) is 9.69 Å². The van der Waals surface area contributed by atoms with E-state index in [4.69, 9.17) is 9.52 Å². The van der Waals surface area contributed by atoms with Gasteiger partial charge < -0.3 is 20.1 Å². The van der Waals surface area contributed by atoms with Crippen LogP contribution in [0.3, 0.4) is 0 Å². The maximum Gasteiger partial charge on any atom is 0.251 e. The van der Waals surface area contributed by atoms with Gasteiger partial charge in [0, 0.05) is 57.9 Å².